The average molecular weight is 380 g/mol. The number of nitrogen functional groups attached to an aromatic ring is 1. The number of ether oxygens (including phenoxy) is 2. The lowest BCUT2D eigenvalue weighted by molar-refractivity contribution is -0.152. The molecule has 0 aromatic heterocycles. The molecule has 1 aromatic carbocycles. The number of esters is 2. The van der Waals surface area contributed by atoms with E-state index in [1.165, 1.54) is 17.9 Å². The fourth-order valence-electron chi connectivity index (χ4n) is 3.08. The fraction of sp³-hybridized carbons (Fsp3) is 0.526. The van der Waals surface area contributed by atoms with Crippen LogP contribution in [0.15, 0.2) is 12.1 Å². The van der Waals surface area contributed by atoms with Crippen LogP contribution < -0.4 is 5.73 Å². The minimum Gasteiger partial charge on any atom is -0.466 e. The third-order valence-electron chi connectivity index (χ3n) is 4.56. The van der Waals surface area contributed by atoms with Gasteiger partial charge >= 0.3 is 11.9 Å². The van der Waals surface area contributed by atoms with E-state index in [1.807, 2.05) is 0 Å². The van der Waals surface area contributed by atoms with Gasteiger partial charge < -0.3 is 20.1 Å². The van der Waals surface area contributed by atoms with Crippen molar-refractivity contribution in [1.29, 1.82) is 0 Å². The number of piperidine rings is 1. The molecule has 1 heterocycles. The molecule has 0 spiro atoms. The van der Waals surface area contributed by atoms with E-state index in [0.717, 1.165) is 6.07 Å². The number of nitrogens with zero attached hydrogens (tertiary/aromatic N) is 1. The molecule has 1 saturated heterocycles. The Hall–Kier alpha value is -2.64. The second kappa shape index (κ2) is 8.83. The van der Waals surface area contributed by atoms with Crippen LogP contribution in [-0.2, 0) is 19.1 Å². The van der Waals surface area contributed by atoms with Crippen molar-refractivity contribution < 1.29 is 28.2 Å². The first-order chi connectivity index (χ1) is 12.7. The van der Waals surface area contributed by atoms with Gasteiger partial charge in [-0.2, -0.15) is 0 Å². The van der Waals surface area contributed by atoms with E-state index in [0.29, 0.717) is 24.9 Å². The number of anilines is 1. The van der Waals surface area contributed by atoms with Crippen LogP contribution in [-0.4, -0.2) is 48.5 Å². The number of hydrogen-bond acceptors (Lipinski definition) is 6. The predicted molar refractivity (Wildman–Crippen MR) is 96.4 cm³/mol. The van der Waals surface area contributed by atoms with Crippen LogP contribution in [0.25, 0.3) is 0 Å². The molecule has 1 aliphatic rings. The Balaban J connectivity index is 2.03. The smallest absolute Gasteiger partial charge is 0.341 e. The maximum absolute atomic E-state index is 13.6. The maximum Gasteiger partial charge on any atom is 0.341 e. The second-order valence-electron chi connectivity index (χ2n) is 6.61. The van der Waals surface area contributed by atoms with Gasteiger partial charge in [-0.25, -0.2) is 9.18 Å². The van der Waals surface area contributed by atoms with Crippen molar-refractivity contribution in [3.63, 3.8) is 0 Å². The number of aryl methyl sites for hydroxylation is 1. The molecule has 8 heteroatoms. The Morgan fingerprint density at radius 2 is 2.07 bits per heavy atom. The number of halogens is 1. The van der Waals surface area contributed by atoms with Gasteiger partial charge in [0.05, 0.1) is 18.1 Å². The van der Waals surface area contributed by atoms with Gasteiger partial charge in [-0.05, 0) is 51.3 Å². The van der Waals surface area contributed by atoms with E-state index in [1.54, 1.807) is 13.8 Å². The van der Waals surface area contributed by atoms with Gasteiger partial charge in [-0.3, -0.25) is 9.59 Å². The molecule has 0 radical (unpaired) electrons. The third-order valence-corrected chi connectivity index (χ3v) is 4.56. The first-order valence-corrected chi connectivity index (χ1v) is 8.96. The lowest BCUT2D eigenvalue weighted by atomic mass is 9.98. The monoisotopic (exact) mass is 380 g/mol. The van der Waals surface area contributed by atoms with Crippen molar-refractivity contribution in [3.8, 4) is 0 Å². The van der Waals surface area contributed by atoms with Crippen LogP contribution in [0.2, 0.25) is 0 Å². The van der Waals surface area contributed by atoms with E-state index in [-0.39, 0.29) is 36.3 Å². The highest BCUT2D eigenvalue weighted by atomic mass is 19.1. The standard InChI is InChI=1S/C19H25FN2O5/c1-4-26-18(24)13-6-5-7-22(10-13)17(23)12(3)27-19(25)15-9-14(20)8-11(2)16(15)21/h8-9,12-13H,4-7,10,21H2,1-3H3. The lowest BCUT2D eigenvalue weighted by Gasteiger charge is -2.33. The zero-order valence-electron chi connectivity index (χ0n) is 15.8. The largest absolute Gasteiger partial charge is 0.466 e. The number of carbonyl (C=O) groups excluding carboxylic acids is 3. The Kier molecular flexibility index (Phi) is 6.76. The number of hydrogen-bond donors (Lipinski definition) is 1. The van der Waals surface area contributed by atoms with Crippen LogP contribution in [0.3, 0.4) is 0 Å². The zero-order chi connectivity index (χ0) is 20.1. The molecule has 0 bridgehead atoms. The summed E-state index contributed by atoms with van der Waals surface area (Å²) in [6, 6.07) is 2.20. The van der Waals surface area contributed by atoms with Gasteiger partial charge in [0.15, 0.2) is 6.10 Å². The minimum atomic E-state index is -1.08. The Morgan fingerprint density at radius 3 is 2.74 bits per heavy atom. The predicted octanol–water partition coefficient (Wildman–Crippen LogP) is 2.06. The summed E-state index contributed by atoms with van der Waals surface area (Å²) in [7, 11) is 0. The van der Waals surface area contributed by atoms with Gasteiger partial charge in [0, 0.05) is 18.8 Å². The summed E-state index contributed by atoms with van der Waals surface area (Å²) < 4.78 is 23.8. The average Bonchev–Trinajstić information content (AvgIpc) is 2.64. The molecule has 1 aliphatic heterocycles. The highest BCUT2D eigenvalue weighted by molar-refractivity contribution is 5.97. The van der Waals surface area contributed by atoms with Crippen molar-refractivity contribution in [1.82, 2.24) is 4.90 Å². The zero-order valence-corrected chi connectivity index (χ0v) is 15.8. The molecule has 0 saturated carbocycles. The minimum absolute atomic E-state index is 0.112. The van der Waals surface area contributed by atoms with Gasteiger partial charge in [0.2, 0.25) is 0 Å². The summed E-state index contributed by atoms with van der Waals surface area (Å²) in [5.41, 5.74) is 6.22. The van der Waals surface area contributed by atoms with Crippen LogP contribution in [0.4, 0.5) is 10.1 Å². The van der Waals surface area contributed by atoms with Gasteiger partial charge in [0.25, 0.3) is 5.91 Å². The number of likely N-dealkylation sites (tertiary alicyclic amines) is 1. The van der Waals surface area contributed by atoms with Crippen molar-refractivity contribution in [3.05, 3.63) is 29.1 Å². The molecule has 148 valence electrons. The number of amides is 1. The molecule has 2 N–H and O–H groups in total. The number of nitrogens with two attached hydrogens (primary N) is 1. The molecule has 2 rings (SSSR count). The van der Waals surface area contributed by atoms with Crippen molar-refractivity contribution in [2.24, 2.45) is 5.92 Å². The normalized spacial score (nSPS) is 17.9. The summed E-state index contributed by atoms with van der Waals surface area (Å²) in [4.78, 5) is 38.3. The highest BCUT2D eigenvalue weighted by Crippen LogP contribution is 2.22. The topological polar surface area (TPSA) is 98.9 Å². The van der Waals surface area contributed by atoms with Crippen molar-refractivity contribution in [2.75, 3.05) is 25.4 Å². The van der Waals surface area contributed by atoms with Crippen LogP contribution in [0.1, 0.15) is 42.6 Å². The summed E-state index contributed by atoms with van der Waals surface area (Å²) in [5.74, 6) is -2.60. The number of rotatable bonds is 5. The molecule has 1 amide bonds. The summed E-state index contributed by atoms with van der Waals surface area (Å²) in [6.07, 6.45) is 0.225. The van der Waals surface area contributed by atoms with Gasteiger partial charge in [0.1, 0.15) is 5.82 Å². The SMILES string of the molecule is CCOC(=O)C1CCCN(C(=O)C(C)OC(=O)c2cc(F)cc(C)c2N)C1. The van der Waals surface area contributed by atoms with E-state index >= 15 is 0 Å². The quantitative estimate of drug-likeness (QED) is 0.620. The molecular weight excluding hydrogens is 355 g/mol. The Bertz CT molecular complexity index is 737. The van der Waals surface area contributed by atoms with Gasteiger partial charge in [-0.1, -0.05) is 0 Å². The highest BCUT2D eigenvalue weighted by Gasteiger charge is 2.32. The fourth-order valence-corrected chi connectivity index (χ4v) is 3.08. The molecular formula is C19H25FN2O5. The molecule has 0 aliphatic carbocycles. The molecule has 1 fully saturated rings. The Labute approximate surface area is 157 Å². The van der Waals surface area contributed by atoms with E-state index in [9.17, 15) is 18.8 Å². The Morgan fingerprint density at radius 1 is 1.37 bits per heavy atom. The van der Waals surface area contributed by atoms with Crippen LogP contribution >= 0.6 is 0 Å². The van der Waals surface area contributed by atoms with Gasteiger partial charge in [-0.15, -0.1) is 0 Å². The molecule has 27 heavy (non-hydrogen) atoms. The van der Waals surface area contributed by atoms with Crippen molar-refractivity contribution >= 4 is 23.5 Å². The third kappa shape index (κ3) is 4.96. The van der Waals surface area contributed by atoms with E-state index in [2.05, 4.69) is 0 Å². The van der Waals surface area contributed by atoms with Crippen LogP contribution in [0.5, 0.6) is 0 Å². The molecule has 2 unspecified atom stereocenters. The summed E-state index contributed by atoms with van der Waals surface area (Å²) >= 11 is 0. The number of benzene rings is 1. The number of carbonyl (C=O) groups is 3. The summed E-state index contributed by atoms with van der Waals surface area (Å²) in [5, 5.41) is 0. The van der Waals surface area contributed by atoms with Crippen molar-refractivity contribution in [2.45, 2.75) is 39.7 Å². The molecule has 7 nitrogen and oxygen atoms in total. The molecule has 1 aromatic rings. The van der Waals surface area contributed by atoms with Crippen LogP contribution in [0, 0.1) is 18.7 Å². The first-order valence-electron chi connectivity index (χ1n) is 8.96. The first kappa shape index (κ1) is 20.7. The molecule has 2 atom stereocenters. The summed E-state index contributed by atoms with van der Waals surface area (Å²) in [6.45, 7) is 5.72. The lowest BCUT2D eigenvalue weighted by Crippen LogP contribution is -2.47. The maximum atomic E-state index is 13.6. The second-order valence-corrected chi connectivity index (χ2v) is 6.61. The van der Waals surface area contributed by atoms with E-state index in [4.69, 9.17) is 15.2 Å². The van der Waals surface area contributed by atoms with E-state index < -0.39 is 23.8 Å².